The summed E-state index contributed by atoms with van der Waals surface area (Å²) >= 11 is 0. The lowest BCUT2D eigenvalue weighted by molar-refractivity contribution is 0.174. The molecule has 0 aliphatic rings. The molecule has 0 fully saturated rings. The Balaban J connectivity index is 3.27. The number of hydrogen-bond acceptors (Lipinski definition) is 4. The summed E-state index contributed by atoms with van der Waals surface area (Å²) in [6.07, 6.45) is -0.883. The van der Waals surface area contributed by atoms with Gasteiger partial charge in [0.2, 0.25) is 0 Å². The third-order valence-corrected chi connectivity index (χ3v) is 2.31. The van der Waals surface area contributed by atoms with E-state index in [0.29, 0.717) is 17.1 Å². The first-order chi connectivity index (χ1) is 7.63. The van der Waals surface area contributed by atoms with Crippen molar-refractivity contribution in [3.63, 3.8) is 0 Å². The smallest absolute Gasteiger partial charge is 0.128 e. The zero-order valence-corrected chi connectivity index (χ0v) is 9.65. The van der Waals surface area contributed by atoms with Gasteiger partial charge in [0.15, 0.2) is 0 Å². The number of benzene rings is 1. The first-order valence-corrected chi connectivity index (χ1v) is 4.91. The van der Waals surface area contributed by atoms with Crippen molar-refractivity contribution >= 4 is 0 Å². The predicted octanol–water partition coefficient (Wildman–Crippen LogP) is 1.96. The van der Waals surface area contributed by atoms with E-state index in [1.807, 2.05) is 13.0 Å². The third kappa shape index (κ3) is 2.44. The third-order valence-electron chi connectivity index (χ3n) is 2.31. The summed E-state index contributed by atoms with van der Waals surface area (Å²) in [6, 6.07) is 5.53. The van der Waals surface area contributed by atoms with Crippen LogP contribution >= 0.6 is 0 Å². The molecule has 1 aromatic rings. The standard InChI is InChI=1S/C12H15NO3/c1-8-6-10(15-2)12(9(14)4-5-13)11(7-8)16-3/h6-7,9,14H,4H2,1-3H3. The molecular formula is C12H15NO3. The van der Waals surface area contributed by atoms with Crippen molar-refractivity contribution in [2.45, 2.75) is 19.4 Å². The van der Waals surface area contributed by atoms with E-state index in [9.17, 15) is 5.11 Å². The van der Waals surface area contributed by atoms with Gasteiger partial charge in [0.1, 0.15) is 11.5 Å². The van der Waals surface area contributed by atoms with Crippen LogP contribution in [0.15, 0.2) is 12.1 Å². The van der Waals surface area contributed by atoms with Crippen molar-refractivity contribution in [2.24, 2.45) is 0 Å². The van der Waals surface area contributed by atoms with Crippen LogP contribution in [0, 0.1) is 18.3 Å². The van der Waals surface area contributed by atoms with Gasteiger partial charge < -0.3 is 14.6 Å². The van der Waals surface area contributed by atoms with E-state index in [1.165, 1.54) is 14.2 Å². The van der Waals surface area contributed by atoms with Gasteiger partial charge in [0, 0.05) is 0 Å². The van der Waals surface area contributed by atoms with Crippen molar-refractivity contribution in [2.75, 3.05) is 14.2 Å². The fourth-order valence-corrected chi connectivity index (χ4v) is 1.59. The molecule has 1 unspecified atom stereocenters. The number of aryl methyl sites for hydroxylation is 1. The minimum Gasteiger partial charge on any atom is -0.496 e. The van der Waals surface area contributed by atoms with Crippen LogP contribution in [0.5, 0.6) is 11.5 Å². The van der Waals surface area contributed by atoms with Crippen molar-refractivity contribution in [1.29, 1.82) is 5.26 Å². The van der Waals surface area contributed by atoms with Gasteiger partial charge in [-0.05, 0) is 24.6 Å². The number of ether oxygens (including phenoxy) is 2. The Bertz CT molecular complexity index is 384. The minimum atomic E-state index is -0.893. The zero-order valence-electron chi connectivity index (χ0n) is 9.65. The van der Waals surface area contributed by atoms with Gasteiger partial charge in [0.25, 0.3) is 0 Å². The van der Waals surface area contributed by atoms with E-state index in [2.05, 4.69) is 0 Å². The van der Waals surface area contributed by atoms with E-state index in [1.54, 1.807) is 12.1 Å². The fraction of sp³-hybridized carbons (Fsp3) is 0.417. The van der Waals surface area contributed by atoms with Crippen LogP contribution in [0.3, 0.4) is 0 Å². The molecule has 86 valence electrons. The predicted molar refractivity (Wildman–Crippen MR) is 59.5 cm³/mol. The Labute approximate surface area is 95.0 Å². The van der Waals surface area contributed by atoms with Gasteiger partial charge in [0.05, 0.1) is 38.4 Å². The highest BCUT2D eigenvalue weighted by Crippen LogP contribution is 2.36. The van der Waals surface area contributed by atoms with Crippen molar-refractivity contribution in [3.8, 4) is 17.6 Å². The second-order valence-corrected chi connectivity index (χ2v) is 3.46. The number of rotatable bonds is 4. The summed E-state index contributed by atoms with van der Waals surface area (Å²) in [7, 11) is 3.05. The average Bonchev–Trinajstić information content (AvgIpc) is 2.27. The van der Waals surface area contributed by atoms with Gasteiger partial charge >= 0.3 is 0 Å². The normalized spacial score (nSPS) is 11.7. The minimum absolute atomic E-state index is 0.00970. The molecule has 0 aromatic heterocycles. The molecule has 0 aliphatic heterocycles. The molecule has 0 aliphatic carbocycles. The molecule has 0 amide bonds. The van der Waals surface area contributed by atoms with Crippen LogP contribution in [0.2, 0.25) is 0 Å². The molecule has 4 heteroatoms. The Morgan fingerprint density at radius 3 is 2.19 bits per heavy atom. The monoisotopic (exact) mass is 221 g/mol. The lowest BCUT2D eigenvalue weighted by atomic mass is 10.0. The molecule has 0 saturated heterocycles. The van der Waals surface area contributed by atoms with Gasteiger partial charge in [-0.1, -0.05) is 0 Å². The van der Waals surface area contributed by atoms with E-state index in [-0.39, 0.29) is 6.42 Å². The molecule has 1 atom stereocenters. The first-order valence-electron chi connectivity index (χ1n) is 4.91. The molecule has 1 aromatic carbocycles. The molecule has 0 spiro atoms. The topological polar surface area (TPSA) is 62.5 Å². The molecule has 4 nitrogen and oxygen atoms in total. The second kappa shape index (κ2) is 5.38. The number of nitrogens with zero attached hydrogens (tertiary/aromatic N) is 1. The number of aliphatic hydroxyl groups excluding tert-OH is 1. The van der Waals surface area contributed by atoms with E-state index < -0.39 is 6.10 Å². The second-order valence-electron chi connectivity index (χ2n) is 3.46. The maximum Gasteiger partial charge on any atom is 0.128 e. The number of nitriles is 1. The molecule has 0 bridgehead atoms. The molecule has 0 saturated carbocycles. The van der Waals surface area contributed by atoms with Crippen LogP contribution in [0.1, 0.15) is 23.7 Å². The van der Waals surface area contributed by atoms with E-state index in [4.69, 9.17) is 14.7 Å². The summed E-state index contributed by atoms with van der Waals surface area (Å²) in [5, 5.41) is 18.4. The van der Waals surface area contributed by atoms with E-state index >= 15 is 0 Å². The summed E-state index contributed by atoms with van der Waals surface area (Å²) in [4.78, 5) is 0. The summed E-state index contributed by atoms with van der Waals surface area (Å²) in [5.74, 6) is 1.08. The van der Waals surface area contributed by atoms with Gasteiger partial charge in [-0.3, -0.25) is 0 Å². The SMILES string of the molecule is COc1cc(C)cc(OC)c1C(O)CC#N. The largest absolute Gasteiger partial charge is 0.496 e. The highest BCUT2D eigenvalue weighted by Gasteiger charge is 2.19. The quantitative estimate of drug-likeness (QED) is 0.844. The van der Waals surface area contributed by atoms with Crippen molar-refractivity contribution < 1.29 is 14.6 Å². The molecule has 1 rings (SSSR count). The Hall–Kier alpha value is -1.73. The summed E-state index contributed by atoms with van der Waals surface area (Å²) < 4.78 is 10.4. The van der Waals surface area contributed by atoms with Crippen molar-refractivity contribution in [3.05, 3.63) is 23.3 Å². The van der Waals surface area contributed by atoms with Gasteiger partial charge in [-0.25, -0.2) is 0 Å². The van der Waals surface area contributed by atoms with Crippen molar-refractivity contribution in [1.82, 2.24) is 0 Å². The maximum atomic E-state index is 9.85. The lowest BCUT2D eigenvalue weighted by Crippen LogP contribution is -2.03. The maximum absolute atomic E-state index is 9.85. The fourth-order valence-electron chi connectivity index (χ4n) is 1.59. The molecule has 1 N–H and O–H groups in total. The highest BCUT2D eigenvalue weighted by atomic mass is 16.5. The Morgan fingerprint density at radius 2 is 1.81 bits per heavy atom. The Morgan fingerprint density at radius 1 is 1.31 bits per heavy atom. The van der Waals surface area contributed by atoms with Gasteiger partial charge in [-0.15, -0.1) is 0 Å². The van der Waals surface area contributed by atoms with Crippen LogP contribution in [0.4, 0.5) is 0 Å². The van der Waals surface area contributed by atoms with Gasteiger partial charge in [-0.2, -0.15) is 5.26 Å². The summed E-state index contributed by atoms with van der Waals surface area (Å²) in [6.45, 7) is 1.91. The first kappa shape index (κ1) is 12.3. The van der Waals surface area contributed by atoms with Crippen LogP contribution in [-0.2, 0) is 0 Å². The number of methoxy groups -OCH3 is 2. The highest BCUT2D eigenvalue weighted by molar-refractivity contribution is 5.49. The molecule has 0 heterocycles. The van der Waals surface area contributed by atoms with Crippen LogP contribution < -0.4 is 9.47 Å². The number of aliphatic hydroxyl groups is 1. The molecule has 16 heavy (non-hydrogen) atoms. The molecule has 0 radical (unpaired) electrons. The molecular weight excluding hydrogens is 206 g/mol. The zero-order chi connectivity index (χ0) is 12.1. The van der Waals surface area contributed by atoms with Crippen LogP contribution in [0.25, 0.3) is 0 Å². The number of hydrogen-bond donors (Lipinski definition) is 1. The van der Waals surface area contributed by atoms with Crippen LogP contribution in [-0.4, -0.2) is 19.3 Å². The Kier molecular flexibility index (Phi) is 4.15. The lowest BCUT2D eigenvalue weighted by Gasteiger charge is -2.17. The summed E-state index contributed by atoms with van der Waals surface area (Å²) in [5.41, 5.74) is 1.50. The van der Waals surface area contributed by atoms with E-state index in [0.717, 1.165) is 5.56 Å². The average molecular weight is 221 g/mol.